The van der Waals surface area contributed by atoms with Crippen molar-refractivity contribution in [1.82, 2.24) is 9.80 Å². The minimum absolute atomic E-state index is 0.165. The number of piperazine rings is 1. The van der Waals surface area contributed by atoms with Crippen LogP contribution in [0.1, 0.15) is 43.9 Å². The van der Waals surface area contributed by atoms with Crippen LogP contribution in [0.2, 0.25) is 0 Å². The second-order valence-electron chi connectivity index (χ2n) is 6.44. The Balaban J connectivity index is 1.73. The molecule has 0 aliphatic carbocycles. The van der Waals surface area contributed by atoms with Crippen LogP contribution < -0.4 is 5.73 Å². The van der Waals surface area contributed by atoms with Crippen molar-refractivity contribution in [1.29, 1.82) is 0 Å². The molecule has 3 heteroatoms. The molecule has 0 radical (unpaired) electrons. The van der Waals surface area contributed by atoms with E-state index in [0.717, 1.165) is 19.0 Å². The smallest absolute Gasteiger partial charge is 0.0307 e. The Bertz CT molecular complexity index is 407. The summed E-state index contributed by atoms with van der Waals surface area (Å²) >= 11 is 0. The van der Waals surface area contributed by atoms with E-state index < -0.39 is 0 Å². The normalized spacial score (nSPS) is 20.4. The van der Waals surface area contributed by atoms with Crippen LogP contribution >= 0.6 is 0 Å². The average Bonchev–Trinajstić information content (AvgIpc) is 2.53. The number of rotatable bonds is 6. The van der Waals surface area contributed by atoms with Gasteiger partial charge >= 0.3 is 0 Å². The average molecular weight is 289 g/mol. The highest BCUT2D eigenvalue weighted by atomic mass is 15.3. The molecule has 118 valence electrons. The van der Waals surface area contributed by atoms with Crippen molar-refractivity contribution >= 4 is 0 Å². The molecule has 2 N–H and O–H groups in total. The Morgan fingerprint density at radius 1 is 1.10 bits per heavy atom. The zero-order valence-corrected chi connectivity index (χ0v) is 13.9. The predicted octanol–water partition coefficient (Wildman–Crippen LogP) is 2.80. The summed E-state index contributed by atoms with van der Waals surface area (Å²) in [6.45, 7) is 12.6. The molecule has 21 heavy (non-hydrogen) atoms. The minimum atomic E-state index is 0.165. The van der Waals surface area contributed by atoms with Crippen LogP contribution in [0.5, 0.6) is 0 Å². The van der Waals surface area contributed by atoms with Gasteiger partial charge in [0.2, 0.25) is 0 Å². The van der Waals surface area contributed by atoms with Gasteiger partial charge in [-0.1, -0.05) is 36.8 Å². The van der Waals surface area contributed by atoms with Gasteiger partial charge in [0, 0.05) is 44.8 Å². The van der Waals surface area contributed by atoms with Crippen molar-refractivity contribution in [2.75, 3.05) is 32.7 Å². The van der Waals surface area contributed by atoms with Crippen molar-refractivity contribution < 1.29 is 0 Å². The van der Waals surface area contributed by atoms with E-state index in [1.165, 1.54) is 43.7 Å². The number of nitrogens with zero attached hydrogens (tertiary/aromatic N) is 2. The van der Waals surface area contributed by atoms with Gasteiger partial charge in [-0.15, -0.1) is 0 Å². The van der Waals surface area contributed by atoms with Gasteiger partial charge in [0.15, 0.2) is 0 Å². The summed E-state index contributed by atoms with van der Waals surface area (Å²) < 4.78 is 0. The summed E-state index contributed by atoms with van der Waals surface area (Å²) in [4.78, 5) is 5.17. The zero-order valence-electron chi connectivity index (χ0n) is 13.9. The highest BCUT2D eigenvalue weighted by Gasteiger charge is 2.20. The van der Waals surface area contributed by atoms with Gasteiger partial charge in [0.05, 0.1) is 0 Å². The maximum atomic E-state index is 6.32. The third-order valence-corrected chi connectivity index (χ3v) is 4.88. The van der Waals surface area contributed by atoms with E-state index in [-0.39, 0.29) is 6.04 Å². The maximum Gasteiger partial charge on any atom is 0.0307 e. The van der Waals surface area contributed by atoms with Gasteiger partial charge < -0.3 is 10.6 Å². The first-order valence-electron chi connectivity index (χ1n) is 8.38. The molecular formula is C18H31N3. The fourth-order valence-electron chi connectivity index (χ4n) is 2.99. The maximum absolute atomic E-state index is 6.32. The number of hydrogen-bond acceptors (Lipinski definition) is 3. The van der Waals surface area contributed by atoms with E-state index in [1.807, 2.05) is 0 Å². The van der Waals surface area contributed by atoms with Gasteiger partial charge in [-0.25, -0.2) is 0 Å². The van der Waals surface area contributed by atoms with E-state index in [2.05, 4.69) is 54.8 Å². The molecule has 1 aliphatic rings. The fourth-order valence-corrected chi connectivity index (χ4v) is 2.99. The first-order chi connectivity index (χ1) is 10.1. The van der Waals surface area contributed by atoms with Gasteiger partial charge in [0.1, 0.15) is 0 Å². The molecular weight excluding hydrogens is 258 g/mol. The summed E-state index contributed by atoms with van der Waals surface area (Å²) in [6.07, 6.45) is 2.30. The van der Waals surface area contributed by atoms with Crippen molar-refractivity contribution in [3.05, 3.63) is 35.4 Å². The van der Waals surface area contributed by atoms with E-state index in [4.69, 9.17) is 5.73 Å². The molecule has 1 aliphatic heterocycles. The van der Waals surface area contributed by atoms with Crippen molar-refractivity contribution in [3.8, 4) is 0 Å². The molecule has 0 amide bonds. The fraction of sp³-hybridized carbons (Fsp3) is 0.667. The second kappa shape index (κ2) is 7.92. The van der Waals surface area contributed by atoms with Crippen LogP contribution in [-0.2, 0) is 0 Å². The third kappa shape index (κ3) is 4.80. The van der Waals surface area contributed by atoms with Crippen LogP contribution in [0, 0.1) is 6.92 Å². The number of hydrogen-bond donors (Lipinski definition) is 1. The highest BCUT2D eigenvalue weighted by Crippen LogP contribution is 2.16. The Labute approximate surface area is 130 Å². The molecule has 1 aromatic carbocycles. The molecule has 3 nitrogen and oxygen atoms in total. The Kier molecular flexibility index (Phi) is 6.22. The van der Waals surface area contributed by atoms with Gasteiger partial charge in [0.25, 0.3) is 0 Å². The molecule has 2 rings (SSSR count). The molecule has 1 aromatic rings. The van der Waals surface area contributed by atoms with E-state index in [1.54, 1.807) is 0 Å². The Morgan fingerprint density at radius 3 is 2.29 bits per heavy atom. The summed E-state index contributed by atoms with van der Waals surface area (Å²) in [6, 6.07) is 9.53. The summed E-state index contributed by atoms with van der Waals surface area (Å²) in [5.74, 6) is 0. The van der Waals surface area contributed by atoms with Crippen LogP contribution in [0.15, 0.2) is 24.3 Å². The van der Waals surface area contributed by atoms with Crippen molar-refractivity contribution in [2.24, 2.45) is 5.73 Å². The number of nitrogens with two attached hydrogens (primary N) is 1. The quantitative estimate of drug-likeness (QED) is 0.874. The topological polar surface area (TPSA) is 32.5 Å². The lowest BCUT2D eigenvalue weighted by Gasteiger charge is -2.38. The molecule has 2 unspecified atom stereocenters. The van der Waals surface area contributed by atoms with Crippen LogP contribution in [-0.4, -0.2) is 48.6 Å². The van der Waals surface area contributed by atoms with E-state index >= 15 is 0 Å². The summed E-state index contributed by atoms with van der Waals surface area (Å²) in [7, 11) is 0. The SMILES string of the molecule is CCC(C)N1CCN(CCC(N)c2ccc(C)cc2)CC1. The molecule has 0 bridgehead atoms. The zero-order chi connectivity index (χ0) is 15.2. The van der Waals surface area contributed by atoms with Gasteiger partial charge in [-0.2, -0.15) is 0 Å². The number of benzene rings is 1. The standard InChI is InChI=1S/C18H31N3/c1-4-16(3)21-13-11-20(12-14-21)10-9-18(19)17-7-5-15(2)6-8-17/h5-8,16,18H,4,9-14,19H2,1-3H3. The van der Waals surface area contributed by atoms with E-state index in [0.29, 0.717) is 0 Å². The lowest BCUT2D eigenvalue weighted by atomic mass is 10.0. The molecule has 0 saturated carbocycles. The Morgan fingerprint density at radius 2 is 1.71 bits per heavy atom. The molecule has 1 saturated heterocycles. The first-order valence-corrected chi connectivity index (χ1v) is 8.38. The van der Waals surface area contributed by atoms with Gasteiger partial charge in [-0.3, -0.25) is 4.90 Å². The van der Waals surface area contributed by atoms with Crippen molar-refractivity contribution in [2.45, 2.75) is 45.7 Å². The number of aryl methyl sites for hydroxylation is 1. The van der Waals surface area contributed by atoms with Crippen LogP contribution in [0.25, 0.3) is 0 Å². The van der Waals surface area contributed by atoms with Crippen molar-refractivity contribution in [3.63, 3.8) is 0 Å². The van der Waals surface area contributed by atoms with Crippen LogP contribution in [0.4, 0.5) is 0 Å². The lowest BCUT2D eigenvalue weighted by molar-refractivity contribution is 0.0987. The summed E-state index contributed by atoms with van der Waals surface area (Å²) in [5, 5.41) is 0. The molecule has 1 fully saturated rings. The monoisotopic (exact) mass is 289 g/mol. The Hall–Kier alpha value is -0.900. The van der Waals surface area contributed by atoms with Crippen LogP contribution in [0.3, 0.4) is 0 Å². The molecule has 2 atom stereocenters. The largest absolute Gasteiger partial charge is 0.324 e. The molecule has 0 aromatic heterocycles. The summed E-state index contributed by atoms with van der Waals surface area (Å²) in [5.41, 5.74) is 8.88. The molecule has 0 spiro atoms. The minimum Gasteiger partial charge on any atom is -0.324 e. The highest BCUT2D eigenvalue weighted by molar-refractivity contribution is 5.23. The second-order valence-corrected chi connectivity index (χ2v) is 6.44. The van der Waals surface area contributed by atoms with Gasteiger partial charge in [-0.05, 0) is 32.3 Å². The van der Waals surface area contributed by atoms with E-state index in [9.17, 15) is 0 Å². The molecule has 1 heterocycles. The third-order valence-electron chi connectivity index (χ3n) is 4.88. The predicted molar refractivity (Wildman–Crippen MR) is 90.5 cm³/mol. The lowest BCUT2D eigenvalue weighted by Crippen LogP contribution is -2.49. The first kappa shape index (κ1) is 16.5.